The zero-order valence-electron chi connectivity index (χ0n) is 11.1. The highest BCUT2D eigenvalue weighted by molar-refractivity contribution is 7.88. The van der Waals surface area contributed by atoms with E-state index in [4.69, 9.17) is 11.6 Å². The van der Waals surface area contributed by atoms with E-state index in [2.05, 4.69) is 9.82 Å². The zero-order valence-corrected chi connectivity index (χ0v) is 12.7. The van der Waals surface area contributed by atoms with E-state index in [0.717, 1.165) is 9.65 Å². The number of halogens is 1. The van der Waals surface area contributed by atoms with Crippen molar-refractivity contribution in [2.75, 3.05) is 7.05 Å². The van der Waals surface area contributed by atoms with Gasteiger partial charge in [-0.25, -0.2) is 0 Å². The summed E-state index contributed by atoms with van der Waals surface area (Å²) in [6.45, 7) is 0. The minimum atomic E-state index is -3.71. The molecule has 2 aromatic carbocycles. The molecule has 1 aromatic heterocycles. The van der Waals surface area contributed by atoms with Crippen LogP contribution in [0, 0.1) is 0 Å². The predicted molar refractivity (Wildman–Crippen MR) is 83.6 cm³/mol. The van der Waals surface area contributed by atoms with E-state index in [1.165, 1.54) is 7.05 Å². The van der Waals surface area contributed by atoms with Crippen LogP contribution in [0.15, 0.2) is 48.5 Å². The molecule has 1 heterocycles. The lowest BCUT2D eigenvalue weighted by atomic mass is 10.1. The standard InChI is InChI=1S/C14H12ClN3O2S/c1-16-21(19,20)18-13-8-7-11(15)9-12(13)14(17-18)10-5-3-2-4-6-10/h2-9,16H,1H3. The number of hydrogen-bond acceptors (Lipinski definition) is 3. The molecular formula is C14H12ClN3O2S. The van der Waals surface area contributed by atoms with Crippen LogP contribution >= 0.6 is 11.6 Å². The Bertz CT molecular complexity index is 905. The molecule has 0 aliphatic rings. The average molecular weight is 322 g/mol. The van der Waals surface area contributed by atoms with Gasteiger partial charge in [0.25, 0.3) is 0 Å². The maximum atomic E-state index is 12.1. The predicted octanol–water partition coefficient (Wildman–Crippen LogP) is 2.67. The van der Waals surface area contributed by atoms with Crippen LogP contribution in [-0.2, 0) is 10.2 Å². The average Bonchev–Trinajstić information content (AvgIpc) is 2.87. The van der Waals surface area contributed by atoms with Crippen molar-refractivity contribution < 1.29 is 8.42 Å². The fourth-order valence-corrected chi connectivity index (χ4v) is 3.09. The van der Waals surface area contributed by atoms with Gasteiger partial charge < -0.3 is 0 Å². The van der Waals surface area contributed by atoms with Crippen LogP contribution in [0.2, 0.25) is 5.02 Å². The molecule has 0 fully saturated rings. The van der Waals surface area contributed by atoms with Gasteiger partial charge in [-0.05, 0) is 18.2 Å². The molecule has 7 heteroatoms. The van der Waals surface area contributed by atoms with Crippen molar-refractivity contribution in [3.63, 3.8) is 0 Å². The summed E-state index contributed by atoms with van der Waals surface area (Å²) in [7, 11) is -2.36. The summed E-state index contributed by atoms with van der Waals surface area (Å²) in [6.07, 6.45) is 0. The van der Waals surface area contributed by atoms with E-state index >= 15 is 0 Å². The Hall–Kier alpha value is -1.89. The first-order chi connectivity index (χ1) is 10.0. The van der Waals surface area contributed by atoms with Crippen molar-refractivity contribution >= 4 is 32.7 Å². The highest BCUT2D eigenvalue weighted by Gasteiger charge is 2.20. The van der Waals surface area contributed by atoms with Crippen molar-refractivity contribution in [3.8, 4) is 11.3 Å². The molecule has 0 aliphatic carbocycles. The van der Waals surface area contributed by atoms with E-state index in [1.807, 2.05) is 30.3 Å². The Morgan fingerprint density at radius 3 is 2.52 bits per heavy atom. The van der Waals surface area contributed by atoms with E-state index in [-0.39, 0.29) is 0 Å². The third-order valence-electron chi connectivity index (χ3n) is 3.14. The smallest absolute Gasteiger partial charge is 0.199 e. The third-order valence-corrected chi connectivity index (χ3v) is 4.63. The van der Waals surface area contributed by atoms with Gasteiger partial charge in [-0.2, -0.15) is 18.2 Å². The third kappa shape index (κ3) is 2.42. The summed E-state index contributed by atoms with van der Waals surface area (Å²) in [5.74, 6) is 0. The largest absolute Gasteiger partial charge is 0.320 e. The van der Waals surface area contributed by atoms with Crippen LogP contribution in [0.4, 0.5) is 0 Å². The first kappa shape index (κ1) is 14.1. The summed E-state index contributed by atoms with van der Waals surface area (Å²) in [6, 6.07) is 14.4. The molecule has 0 unspecified atom stereocenters. The number of hydrogen-bond donors (Lipinski definition) is 1. The molecule has 0 saturated heterocycles. The number of rotatable bonds is 3. The Balaban J connectivity index is 2.39. The van der Waals surface area contributed by atoms with Crippen LogP contribution < -0.4 is 4.72 Å². The van der Waals surface area contributed by atoms with Crippen LogP contribution in [0.5, 0.6) is 0 Å². The Morgan fingerprint density at radius 1 is 1.14 bits per heavy atom. The van der Waals surface area contributed by atoms with E-state index in [9.17, 15) is 8.42 Å². The quantitative estimate of drug-likeness (QED) is 0.806. The molecule has 108 valence electrons. The van der Waals surface area contributed by atoms with Gasteiger partial charge in [0.2, 0.25) is 0 Å². The van der Waals surface area contributed by atoms with Gasteiger partial charge in [0, 0.05) is 23.0 Å². The van der Waals surface area contributed by atoms with E-state index in [0.29, 0.717) is 21.6 Å². The molecule has 0 radical (unpaired) electrons. The molecular weight excluding hydrogens is 310 g/mol. The maximum Gasteiger partial charge on any atom is 0.320 e. The van der Waals surface area contributed by atoms with Crippen LogP contribution in [0.3, 0.4) is 0 Å². The summed E-state index contributed by atoms with van der Waals surface area (Å²) in [5.41, 5.74) is 1.88. The lowest BCUT2D eigenvalue weighted by molar-refractivity contribution is 0.574. The Labute approximate surface area is 127 Å². The Morgan fingerprint density at radius 2 is 1.86 bits per heavy atom. The monoisotopic (exact) mass is 321 g/mol. The SMILES string of the molecule is CNS(=O)(=O)n1nc(-c2ccccc2)c2cc(Cl)ccc21. The van der Waals surface area contributed by atoms with Crippen molar-refractivity contribution in [1.82, 2.24) is 13.9 Å². The van der Waals surface area contributed by atoms with Gasteiger partial charge in [-0.3, -0.25) is 0 Å². The molecule has 0 spiro atoms. The van der Waals surface area contributed by atoms with E-state index < -0.39 is 10.2 Å². The summed E-state index contributed by atoms with van der Waals surface area (Å²) >= 11 is 6.03. The second kappa shape index (κ2) is 5.14. The van der Waals surface area contributed by atoms with Gasteiger partial charge in [0.1, 0.15) is 5.69 Å². The maximum absolute atomic E-state index is 12.1. The summed E-state index contributed by atoms with van der Waals surface area (Å²) in [5, 5.41) is 5.47. The molecule has 0 aliphatic heterocycles. The number of fused-ring (bicyclic) bond motifs is 1. The van der Waals surface area contributed by atoms with E-state index in [1.54, 1.807) is 18.2 Å². The van der Waals surface area contributed by atoms with Gasteiger partial charge in [-0.15, -0.1) is 4.09 Å². The molecule has 0 bridgehead atoms. The minimum Gasteiger partial charge on any atom is -0.199 e. The summed E-state index contributed by atoms with van der Waals surface area (Å²) in [4.78, 5) is 0. The van der Waals surface area contributed by atoms with Crippen molar-refractivity contribution in [2.45, 2.75) is 0 Å². The number of benzene rings is 2. The Kier molecular flexibility index (Phi) is 3.44. The van der Waals surface area contributed by atoms with Gasteiger partial charge >= 0.3 is 10.2 Å². The van der Waals surface area contributed by atoms with Crippen LogP contribution in [0.25, 0.3) is 22.2 Å². The molecule has 0 amide bonds. The highest BCUT2D eigenvalue weighted by Crippen LogP contribution is 2.30. The minimum absolute atomic E-state index is 0.479. The molecule has 5 nitrogen and oxygen atoms in total. The number of aromatic nitrogens is 2. The fraction of sp³-hybridized carbons (Fsp3) is 0.0714. The fourth-order valence-electron chi connectivity index (χ4n) is 2.14. The van der Waals surface area contributed by atoms with Crippen molar-refractivity contribution in [2.24, 2.45) is 0 Å². The van der Waals surface area contributed by atoms with Gasteiger partial charge in [0.15, 0.2) is 0 Å². The molecule has 3 rings (SSSR count). The van der Waals surface area contributed by atoms with Crippen LogP contribution in [-0.4, -0.2) is 24.7 Å². The first-order valence-corrected chi connectivity index (χ1v) is 8.02. The molecule has 0 atom stereocenters. The first-order valence-electron chi connectivity index (χ1n) is 6.20. The second-order valence-corrected chi connectivity index (χ2v) is 6.57. The normalized spacial score (nSPS) is 11.9. The number of nitrogens with one attached hydrogen (secondary N) is 1. The molecule has 3 aromatic rings. The topological polar surface area (TPSA) is 64.0 Å². The summed E-state index contributed by atoms with van der Waals surface area (Å²) < 4.78 is 27.5. The zero-order chi connectivity index (χ0) is 15.0. The highest BCUT2D eigenvalue weighted by atomic mass is 35.5. The lowest BCUT2D eigenvalue weighted by Gasteiger charge is -2.02. The molecule has 21 heavy (non-hydrogen) atoms. The molecule has 0 saturated carbocycles. The second-order valence-electron chi connectivity index (χ2n) is 4.43. The van der Waals surface area contributed by atoms with Gasteiger partial charge in [-0.1, -0.05) is 41.9 Å². The van der Waals surface area contributed by atoms with Gasteiger partial charge in [0.05, 0.1) is 5.52 Å². The lowest BCUT2D eigenvalue weighted by Crippen LogP contribution is -2.27. The van der Waals surface area contributed by atoms with Crippen LogP contribution in [0.1, 0.15) is 0 Å². The number of nitrogens with zero attached hydrogens (tertiary/aromatic N) is 2. The van der Waals surface area contributed by atoms with Crippen molar-refractivity contribution in [3.05, 3.63) is 53.6 Å². The van der Waals surface area contributed by atoms with Crippen molar-refractivity contribution in [1.29, 1.82) is 0 Å². The molecule has 1 N–H and O–H groups in total.